The molecule has 0 amide bonds. The number of imidazole rings is 1. The van der Waals surface area contributed by atoms with Crippen molar-refractivity contribution in [1.82, 2.24) is 19.7 Å². The molecule has 0 unspecified atom stereocenters. The van der Waals surface area contributed by atoms with Crippen LogP contribution in [0.2, 0.25) is 0 Å². The van der Waals surface area contributed by atoms with Crippen molar-refractivity contribution in [2.45, 2.75) is 0 Å². The molecule has 4 aromatic rings. The highest BCUT2D eigenvalue weighted by Crippen LogP contribution is 2.21. The normalized spacial score (nSPS) is 11.5. The average Bonchev–Trinajstić information content (AvgIpc) is 3.14. The molecule has 2 aromatic heterocycles. The highest BCUT2D eigenvalue weighted by molar-refractivity contribution is 5.76. The molecule has 2 heterocycles. The summed E-state index contributed by atoms with van der Waals surface area (Å²) in [6.45, 7) is 0. The van der Waals surface area contributed by atoms with E-state index in [1.165, 1.54) is 4.68 Å². The van der Waals surface area contributed by atoms with Crippen LogP contribution in [0.3, 0.4) is 0 Å². The largest absolute Gasteiger partial charge is 0.382 e. The molecule has 2 aromatic carbocycles. The van der Waals surface area contributed by atoms with E-state index < -0.39 is 0 Å². The van der Waals surface area contributed by atoms with Crippen molar-refractivity contribution in [2.75, 3.05) is 5.73 Å². The van der Waals surface area contributed by atoms with Gasteiger partial charge in [-0.2, -0.15) is 0 Å². The third kappa shape index (κ3) is 2.35. The Labute approximate surface area is 135 Å². The zero-order valence-corrected chi connectivity index (χ0v) is 12.5. The molecule has 118 valence electrons. The molecule has 4 N–H and O–H groups in total. The number of anilines is 1. The zero-order chi connectivity index (χ0) is 16.5. The third-order valence-electron chi connectivity index (χ3n) is 3.53. The van der Waals surface area contributed by atoms with E-state index in [0.717, 1.165) is 11.0 Å². The SMILES string of the molecule is Nc1[nH]n(-c2ccccc2)c(=O)c1N=Nc1nc2ccccc2[nH]1. The fraction of sp³-hybridized carbons (Fsp3) is 0. The predicted molar refractivity (Wildman–Crippen MR) is 91.1 cm³/mol. The number of benzene rings is 2. The van der Waals surface area contributed by atoms with E-state index in [2.05, 4.69) is 25.3 Å². The Morgan fingerprint density at radius 2 is 1.75 bits per heavy atom. The van der Waals surface area contributed by atoms with Gasteiger partial charge >= 0.3 is 5.56 Å². The topological polar surface area (TPSA) is 117 Å². The Kier molecular flexibility index (Phi) is 3.20. The van der Waals surface area contributed by atoms with Crippen LogP contribution in [0.5, 0.6) is 0 Å². The van der Waals surface area contributed by atoms with Crippen LogP contribution in [0.4, 0.5) is 17.5 Å². The second-order valence-corrected chi connectivity index (χ2v) is 5.13. The Morgan fingerprint density at radius 1 is 1.00 bits per heavy atom. The Morgan fingerprint density at radius 3 is 2.54 bits per heavy atom. The molecule has 0 spiro atoms. The monoisotopic (exact) mass is 319 g/mol. The van der Waals surface area contributed by atoms with Gasteiger partial charge in [0, 0.05) is 0 Å². The molecule has 8 heteroatoms. The van der Waals surface area contributed by atoms with Gasteiger partial charge in [-0.1, -0.05) is 30.3 Å². The molecule has 0 atom stereocenters. The second kappa shape index (κ2) is 5.51. The summed E-state index contributed by atoms with van der Waals surface area (Å²) in [7, 11) is 0. The fourth-order valence-electron chi connectivity index (χ4n) is 2.38. The highest BCUT2D eigenvalue weighted by Gasteiger charge is 2.13. The molecular weight excluding hydrogens is 306 g/mol. The van der Waals surface area contributed by atoms with Crippen molar-refractivity contribution in [2.24, 2.45) is 10.2 Å². The lowest BCUT2D eigenvalue weighted by molar-refractivity contribution is 0.853. The lowest BCUT2D eigenvalue weighted by Gasteiger charge is -1.98. The van der Waals surface area contributed by atoms with Gasteiger partial charge in [0.25, 0.3) is 0 Å². The van der Waals surface area contributed by atoms with Gasteiger partial charge < -0.3 is 10.7 Å². The molecule has 0 aliphatic rings. The van der Waals surface area contributed by atoms with Gasteiger partial charge in [-0.05, 0) is 24.3 Å². The number of azo groups is 1. The molecule has 0 aliphatic heterocycles. The number of hydrogen-bond donors (Lipinski definition) is 3. The molecule has 8 nitrogen and oxygen atoms in total. The number of nitrogens with zero attached hydrogens (tertiary/aromatic N) is 4. The standard InChI is InChI=1S/C16H13N7O/c17-14-13(15(24)23(22-14)10-6-2-1-3-7-10)20-21-16-18-11-8-4-5-9-12(11)19-16/h1-9,22H,17H2,(H,18,19). The summed E-state index contributed by atoms with van der Waals surface area (Å²) in [5.41, 5.74) is 7.80. The third-order valence-corrected chi connectivity index (χ3v) is 3.53. The molecular formula is C16H13N7O. The van der Waals surface area contributed by atoms with Crippen LogP contribution in [0.15, 0.2) is 69.6 Å². The van der Waals surface area contributed by atoms with Crippen molar-refractivity contribution >= 4 is 28.5 Å². The van der Waals surface area contributed by atoms with E-state index in [4.69, 9.17) is 5.73 Å². The van der Waals surface area contributed by atoms with Crippen LogP contribution in [0, 0.1) is 0 Å². The zero-order valence-electron chi connectivity index (χ0n) is 12.5. The molecule has 0 saturated carbocycles. The summed E-state index contributed by atoms with van der Waals surface area (Å²) in [4.78, 5) is 19.7. The summed E-state index contributed by atoms with van der Waals surface area (Å²) in [6, 6.07) is 16.6. The minimum Gasteiger partial charge on any atom is -0.382 e. The van der Waals surface area contributed by atoms with Gasteiger partial charge in [0.2, 0.25) is 5.95 Å². The molecule has 0 radical (unpaired) electrons. The molecule has 0 fully saturated rings. The number of hydrogen-bond acceptors (Lipinski definition) is 5. The maximum Gasteiger partial charge on any atom is 0.301 e. The van der Waals surface area contributed by atoms with Crippen molar-refractivity contribution in [3.63, 3.8) is 0 Å². The van der Waals surface area contributed by atoms with Gasteiger partial charge in [-0.3, -0.25) is 9.89 Å². The molecule has 24 heavy (non-hydrogen) atoms. The van der Waals surface area contributed by atoms with Gasteiger partial charge in [-0.25, -0.2) is 9.67 Å². The Hall–Kier alpha value is -3.68. The lowest BCUT2D eigenvalue weighted by Crippen LogP contribution is -2.13. The first-order valence-electron chi connectivity index (χ1n) is 7.25. The molecule has 0 bridgehead atoms. The van der Waals surface area contributed by atoms with Crippen molar-refractivity contribution in [3.05, 3.63) is 65.0 Å². The van der Waals surface area contributed by atoms with E-state index in [9.17, 15) is 4.79 Å². The Bertz CT molecular complexity index is 1060. The minimum atomic E-state index is -0.376. The second-order valence-electron chi connectivity index (χ2n) is 5.13. The number of nitrogens with two attached hydrogens (primary N) is 1. The number of nitrogen functional groups attached to an aromatic ring is 1. The fourth-order valence-corrected chi connectivity index (χ4v) is 2.38. The van der Waals surface area contributed by atoms with Crippen molar-refractivity contribution in [1.29, 1.82) is 0 Å². The summed E-state index contributed by atoms with van der Waals surface area (Å²) >= 11 is 0. The van der Waals surface area contributed by atoms with Gasteiger partial charge in [0.15, 0.2) is 5.69 Å². The number of rotatable bonds is 3. The summed E-state index contributed by atoms with van der Waals surface area (Å²) in [5.74, 6) is 0.450. The maximum atomic E-state index is 12.5. The van der Waals surface area contributed by atoms with Crippen LogP contribution in [0.25, 0.3) is 16.7 Å². The smallest absolute Gasteiger partial charge is 0.301 e. The first-order chi connectivity index (χ1) is 11.7. The quantitative estimate of drug-likeness (QED) is 0.504. The number of fused-ring (bicyclic) bond motifs is 1. The summed E-state index contributed by atoms with van der Waals surface area (Å²) in [6.07, 6.45) is 0. The van der Waals surface area contributed by atoms with Gasteiger partial charge in [-0.15, -0.1) is 10.2 Å². The van der Waals surface area contributed by atoms with Crippen molar-refractivity contribution in [3.8, 4) is 5.69 Å². The van der Waals surface area contributed by atoms with Gasteiger partial charge in [0.05, 0.1) is 16.7 Å². The van der Waals surface area contributed by atoms with E-state index in [0.29, 0.717) is 11.6 Å². The van der Waals surface area contributed by atoms with E-state index >= 15 is 0 Å². The first-order valence-corrected chi connectivity index (χ1v) is 7.25. The number of H-pyrrole nitrogens is 2. The molecule has 0 aliphatic carbocycles. The maximum absolute atomic E-state index is 12.5. The van der Waals surface area contributed by atoms with Crippen LogP contribution in [0.1, 0.15) is 0 Å². The number of para-hydroxylation sites is 3. The highest BCUT2D eigenvalue weighted by atomic mass is 16.1. The Balaban J connectivity index is 1.72. The van der Waals surface area contributed by atoms with E-state index in [1.807, 2.05) is 42.5 Å². The minimum absolute atomic E-state index is 0.0410. The average molecular weight is 319 g/mol. The molecule has 4 rings (SSSR count). The first kappa shape index (κ1) is 13.9. The van der Waals surface area contributed by atoms with Crippen LogP contribution in [-0.2, 0) is 0 Å². The summed E-state index contributed by atoms with van der Waals surface area (Å²) < 4.78 is 1.32. The van der Waals surface area contributed by atoms with Crippen LogP contribution >= 0.6 is 0 Å². The van der Waals surface area contributed by atoms with Crippen molar-refractivity contribution < 1.29 is 0 Å². The lowest BCUT2D eigenvalue weighted by atomic mass is 10.3. The van der Waals surface area contributed by atoms with E-state index in [1.54, 1.807) is 12.1 Å². The molecule has 0 saturated heterocycles. The van der Waals surface area contributed by atoms with Crippen LogP contribution in [-0.4, -0.2) is 19.7 Å². The van der Waals surface area contributed by atoms with E-state index in [-0.39, 0.29) is 17.1 Å². The number of nitrogens with one attached hydrogen (secondary N) is 2. The predicted octanol–water partition coefficient (Wildman–Crippen LogP) is 3.04. The van der Waals surface area contributed by atoms with Crippen LogP contribution < -0.4 is 11.3 Å². The summed E-state index contributed by atoms with van der Waals surface area (Å²) in [5, 5.41) is 10.7. The van der Waals surface area contributed by atoms with Gasteiger partial charge in [0.1, 0.15) is 5.82 Å². The number of aromatic amines is 2. The number of aromatic nitrogens is 4.